The molecule has 0 radical (unpaired) electrons. The predicted molar refractivity (Wildman–Crippen MR) is 308 cm³/mol. The summed E-state index contributed by atoms with van der Waals surface area (Å²) in [6.45, 7) is 9.59. The maximum Gasteiger partial charge on any atom is 0.0465 e. The summed E-state index contributed by atoms with van der Waals surface area (Å²) in [6.07, 6.45) is 0. The summed E-state index contributed by atoms with van der Waals surface area (Å²) in [4.78, 5) is 2.48. The second-order valence-corrected chi connectivity index (χ2v) is 22.0. The molecule has 0 N–H and O–H groups in total. The number of hydrogen-bond donors (Lipinski definition) is 0. The molecule has 12 aromatic rings. The Kier molecular flexibility index (Phi) is 9.53. The fourth-order valence-electron chi connectivity index (χ4n) is 12.1. The molecule has 0 amide bonds. The number of hydrogen-bond acceptors (Lipinski definition) is 2. The van der Waals surface area contributed by atoms with Gasteiger partial charge in [0.25, 0.3) is 0 Å². The van der Waals surface area contributed by atoms with E-state index in [-0.39, 0.29) is 10.8 Å². The van der Waals surface area contributed by atoms with Gasteiger partial charge in [-0.25, -0.2) is 0 Å². The highest BCUT2D eigenvalue weighted by Gasteiger charge is 2.38. The molecular weight excluding hydrogens is 887 g/mol. The Balaban J connectivity index is 0.840. The molecule has 0 spiro atoms. The summed E-state index contributed by atoms with van der Waals surface area (Å²) in [6, 6.07) is 88.6. The minimum absolute atomic E-state index is 0.194. The van der Waals surface area contributed by atoms with E-state index in [1.54, 1.807) is 0 Å². The van der Waals surface area contributed by atoms with Crippen LogP contribution in [0.1, 0.15) is 49.9 Å². The van der Waals surface area contributed by atoms with E-state index in [4.69, 9.17) is 0 Å². The van der Waals surface area contributed by atoms with Crippen molar-refractivity contribution in [1.29, 1.82) is 0 Å². The van der Waals surface area contributed by atoms with Crippen molar-refractivity contribution in [3.8, 4) is 66.8 Å². The van der Waals surface area contributed by atoms with Gasteiger partial charge < -0.3 is 4.90 Å². The molecule has 0 saturated heterocycles. The van der Waals surface area contributed by atoms with Crippen molar-refractivity contribution in [3.63, 3.8) is 0 Å². The third-order valence-electron chi connectivity index (χ3n) is 16.1. The lowest BCUT2D eigenvalue weighted by atomic mass is 9.81. The van der Waals surface area contributed by atoms with Crippen LogP contribution in [0, 0.1) is 0 Å². The maximum absolute atomic E-state index is 2.48. The van der Waals surface area contributed by atoms with E-state index in [0.717, 1.165) is 17.1 Å². The van der Waals surface area contributed by atoms with Gasteiger partial charge in [0.05, 0.1) is 0 Å². The molecule has 342 valence electrons. The first-order valence-corrected chi connectivity index (χ1v) is 26.0. The van der Waals surface area contributed by atoms with Crippen molar-refractivity contribution in [2.24, 2.45) is 0 Å². The van der Waals surface area contributed by atoms with Crippen molar-refractivity contribution in [2.45, 2.75) is 38.5 Å². The molecule has 14 rings (SSSR count). The van der Waals surface area contributed by atoms with Crippen LogP contribution in [0.25, 0.3) is 97.7 Å². The lowest BCUT2D eigenvalue weighted by Crippen LogP contribution is -2.18. The molecule has 0 atom stereocenters. The fourth-order valence-corrected chi connectivity index (χ4v) is 13.2. The number of benzene rings is 11. The minimum Gasteiger partial charge on any atom is -0.310 e. The smallest absolute Gasteiger partial charge is 0.0465 e. The summed E-state index contributed by atoms with van der Waals surface area (Å²) < 4.78 is 2.67. The first-order valence-electron chi connectivity index (χ1n) is 25.2. The van der Waals surface area contributed by atoms with E-state index < -0.39 is 0 Å². The number of thiophene rings is 1. The van der Waals surface area contributed by atoms with Gasteiger partial charge in [0.15, 0.2) is 0 Å². The third kappa shape index (κ3) is 6.74. The standard InChI is InChI=1S/C70H51NS/c1-69(2)63-40-52(44-12-6-5-7-13-44)26-33-57(63)59-35-31-55(42-65(59)69)71(54-29-24-47(25-30-54)46-18-20-48(21-19-46)51-28-37-68-62(39-51)61-16-10-11-17-67(61)72-68)56-32-36-60-58-34-27-53(41-64(58)70(3,4)66(60)43-56)50-23-22-45-14-8-9-15-49(45)38-50/h5-43H,1-4H3. The van der Waals surface area contributed by atoms with Gasteiger partial charge in [-0.1, -0.05) is 191 Å². The summed E-state index contributed by atoms with van der Waals surface area (Å²) in [5.41, 5.74) is 23.6. The van der Waals surface area contributed by atoms with Crippen LogP contribution in [0.5, 0.6) is 0 Å². The van der Waals surface area contributed by atoms with Crippen molar-refractivity contribution < 1.29 is 0 Å². The summed E-state index contributed by atoms with van der Waals surface area (Å²) in [5, 5.41) is 5.19. The molecule has 2 aliphatic carbocycles. The number of rotatable bonds is 7. The summed E-state index contributed by atoms with van der Waals surface area (Å²) in [5.74, 6) is 0. The fraction of sp³-hybridized carbons (Fsp3) is 0.0857. The average molecular weight is 938 g/mol. The van der Waals surface area contributed by atoms with Gasteiger partial charge in [-0.2, -0.15) is 0 Å². The van der Waals surface area contributed by atoms with Crippen molar-refractivity contribution in [1.82, 2.24) is 0 Å². The van der Waals surface area contributed by atoms with E-state index in [1.807, 2.05) is 11.3 Å². The van der Waals surface area contributed by atoms with Gasteiger partial charge in [0, 0.05) is 48.1 Å². The van der Waals surface area contributed by atoms with E-state index in [1.165, 1.54) is 120 Å². The molecule has 11 aromatic carbocycles. The van der Waals surface area contributed by atoms with Gasteiger partial charge in [-0.3, -0.25) is 0 Å². The van der Waals surface area contributed by atoms with Gasteiger partial charge in [-0.05, 0) is 173 Å². The van der Waals surface area contributed by atoms with Crippen LogP contribution < -0.4 is 4.90 Å². The van der Waals surface area contributed by atoms with E-state index in [0.29, 0.717) is 0 Å². The van der Waals surface area contributed by atoms with Crippen LogP contribution in [-0.4, -0.2) is 0 Å². The average Bonchev–Trinajstić information content (AvgIpc) is 3.99. The number of anilines is 3. The number of nitrogens with zero attached hydrogens (tertiary/aromatic N) is 1. The van der Waals surface area contributed by atoms with Crippen molar-refractivity contribution >= 4 is 59.3 Å². The molecule has 0 saturated carbocycles. The molecule has 0 unspecified atom stereocenters. The highest BCUT2D eigenvalue weighted by Crippen LogP contribution is 2.54. The SMILES string of the molecule is CC1(C)c2cc(-c3ccccc3)ccc2-c2ccc(N(c3ccc(-c4ccc(-c5ccc6sc7ccccc7c6c5)cc4)cc3)c3ccc4c(c3)C(C)(C)c3cc(-c5ccc6ccccc6c5)ccc3-4)cc21. The highest BCUT2D eigenvalue weighted by molar-refractivity contribution is 7.25. The Morgan fingerprint density at radius 3 is 1.32 bits per heavy atom. The molecule has 0 fully saturated rings. The Morgan fingerprint density at radius 1 is 0.278 bits per heavy atom. The third-order valence-corrected chi connectivity index (χ3v) is 17.2. The Morgan fingerprint density at radius 2 is 0.681 bits per heavy atom. The van der Waals surface area contributed by atoms with Crippen LogP contribution in [0.3, 0.4) is 0 Å². The zero-order valence-electron chi connectivity index (χ0n) is 40.9. The number of fused-ring (bicyclic) bond motifs is 10. The second kappa shape index (κ2) is 16.1. The van der Waals surface area contributed by atoms with Gasteiger partial charge in [0.1, 0.15) is 0 Å². The Hall–Kier alpha value is -8.30. The molecule has 72 heavy (non-hydrogen) atoms. The van der Waals surface area contributed by atoms with Crippen LogP contribution in [0.2, 0.25) is 0 Å². The van der Waals surface area contributed by atoms with Gasteiger partial charge in [0.2, 0.25) is 0 Å². The predicted octanol–water partition coefficient (Wildman–Crippen LogP) is 20.0. The zero-order chi connectivity index (χ0) is 48.3. The quantitative estimate of drug-likeness (QED) is 0.154. The molecule has 1 nitrogen and oxygen atoms in total. The van der Waals surface area contributed by atoms with Crippen LogP contribution in [-0.2, 0) is 10.8 Å². The largest absolute Gasteiger partial charge is 0.310 e. The maximum atomic E-state index is 2.48. The first kappa shape index (κ1) is 42.6. The summed E-state index contributed by atoms with van der Waals surface area (Å²) >= 11 is 1.87. The van der Waals surface area contributed by atoms with Crippen molar-refractivity contribution in [3.05, 3.63) is 259 Å². The van der Waals surface area contributed by atoms with E-state index >= 15 is 0 Å². The molecule has 2 heteroatoms. The zero-order valence-corrected chi connectivity index (χ0v) is 41.7. The van der Waals surface area contributed by atoms with Crippen molar-refractivity contribution in [2.75, 3.05) is 4.90 Å². The molecule has 2 aliphatic rings. The Labute approximate surface area is 426 Å². The lowest BCUT2D eigenvalue weighted by molar-refractivity contribution is 0.660. The first-order chi connectivity index (χ1) is 35.2. The lowest BCUT2D eigenvalue weighted by Gasteiger charge is -2.30. The van der Waals surface area contributed by atoms with Crippen LogP contribution in [0.4, 0.5) is 17.1 Å². The van der Waals surface area contributed by atoms with E-state index in [9.17, 15) is 0 Å². The minimum atomic E-state index is -0.212. The van der Waals surface area contributed by atoms with Crippen LogP contribution >= 0.6 is 11.3 Å². The normalized spacial score (nSPS) is 13.8. The van der Waals surface area contributed by atoms with Gasteiger partial charge in [-0.15, -0.1) is 11.3 Å². The van der Waals surface area contributed by atoms with Crippen LogP contribution in [0.15, 0.2) is 237 Å². The Bertz CT molecular complexity index is 4130. The topological polar surface area (TPSA) is 3.24 Å². The highest BCUT2D eigenvalue weighted by atomic mass is 32.1. The van der Waals surface area contributed by atoms with Gasteiger partial charge >= 0.3 is 0 Å². The summed E-state index contributed by atoms with van der Waals surface area (Å²) in [7, 11) is 0. The molecule has 0 aliphatic heterocycles. The monoisotopic (exact) mass is 937 g/mol. The molecule has 0 bridgehead atoms. The van der Waals surface area contributed by atoms with E-state index in [2.05, 4.69) is 269 Å². The second-order valence-electron chi connectivity index (χ2n) is 20.9. The molecule has 1 aromatic heterocycles. The molecule has 1 heterocycles. The molecular formula is C70H51NS.